The first-order chi connectivity index (χ1) is 32.4. The summed E-state index contributed by atoms with van der Waals surface area (Å²) in [5, 5.41) is 5.06. The van der Waals surface area contributed by atoms with Gasteiger partial charge in [-0.25, -0.2) is 0 Å². The van der Waals surface area contributed by atoms with Gasteiger partial charge in [0.25, 0.3) is 0 Å². The Balaban J connectivity index is 0.000000319. The summed E-state index contributed by atoms with van der Waals surface area (Å²) in [5.41, 5.74) is 22.2. The van der Waals surface area contributed by atoms with Gasteiger partial charge in [0.1, 0.15) is 0 Å². The molecule has 0 saturated carbocycles. The molecule has 2 aliphatic carbocycles. The molecule has 0 fully saturated rings. The summed E-state index contributed by atoms with van der Waals surface area (Å²) in [7, 11) is 0. The van der Waals surface area contributed by atoms with Crippen LogP contribution in [0.4, 0.5) is 0 Å². The molecule has 2 aliphatic rings. The molecule has 0 aliphatic heterocycles. The Hall–Kier alpha value is -8.00. The maximum absolute atomic E-state index is 4.46. The molecule has 0 amide bonds. The Labute approximate surface area is 388 Å². The third kappa shape index (κ3) is 6.38. The average Bonchev–Trinajstić information content (AvgIpc) is 3.96. The summed E-state index contributed by atoms with van der Waals surface area (Å²) >= 11 is 0. The van der Waals surface area contributed by atoms with E-state index in [1.54, 1.807) is 0 Å². The number of aryl methyl sites for hydroxylation is 2. The molecule has 0 saturated heterocycles. The van der Waals surface area contributed by atoms with Crippen LogP contribution in [0.5, 0.6) is 0 Å². The maximum atomic E-state index is 4.46. The lowest BCUT2D eigenvalue weighted by atomic mass is 9.69. The van der Waals surface area contributed by atoms with Crippen molar-refractivity contribution in [3.8, 4) is 39.1 Å². The van der Waals surface area contributed by atoms with Gasteiger partial charge in [-0.1, -0.05) is 200 Å². The molecule has 9 aromatic carbocycles. The Morgan fingerprint density at radius 1 is 0.470 bits per heavy atom. The van der Waals surface area contributed by atoms with Crippen molar-refractivity contribution in [2.24, 2.45) is 0 Å². The lowest BCUT2D eigenvalue weighted by Crippen LogP contribution is -2.26. The fourth-order valence-corrected chi connectivity index (χ4v) is 10.9. The van der Waals surface area contributed by atoms with Crippen molar-refractivity contribution in [2.75, 3.05) is 0 Å². The summed E-state index contributed by atoms with van der Waals surface area (Å²) in [6, 6.07) is 71.3. The number of allylic oxidation sites excluding steroid dienone is 6. The van der Waals surface area contributed by atoms with Gasteiger partial charge < -0.3 is 4.57 Å². The molecule has 1 heteroatoms. The van der Waals surface area contributed by atoms with E-state index in [1.165, 1.54) is 116 Å². The molecule has 1 spiro atoms. The largest absolute Gasteiger partial charge is 0.309 e. The second-order valence-corrected chi connectivity index (χ2v) is 17.7. The van der Waals surface area contributed by atoms with E-state index >= 15 is 0 Å². The van der Waals surface area contributed by atoms with Crippen LogP contribution in [-0.2, 0) is 5.41 Å². The molecule has 1 nitrogen and oxygen atoms in total. The van der Waals surface area contributed by atoms with Crippen molar-refractivity contribution in [1.29, 1.82) is 0 Å². The topological polar surface area (TPSA) is 4.93 Å². The predicted molar refractivity (Wildman–Crippen MR) is 283 cm³/mol. The van der Waals surface area contributed by atoms with Gasteiger partial charge in [0.15, 0.2) is 0 Å². The summed E-state index contributed by atoms with van der Waals surface area (Å²) in [6.07, 6.45) is 10.9. The van der Waals surface area contributed by atoms with Crippen LogP contribution in [0.15, 0.2) is 231 Å². The minimum Gasteiger partial charge on any atom is -0.309 e. The Kier molecular flexibility index (Phi) is 10.2. The van der Waals surface area contributed by atoms with Gasteiger partial charge in [0.2, 0.25) is 0 Å². The van der Waals surface area contributed by atoms with Gasteiger partial charge in [0.05, 0.1) is 16.4 Å². The van der Waals surface area contributed by atoms with Gasteiger partial charge in [-0.05, 0) is 153 Å². The molecule has 316 valence electrons. The molecule has 1 heterocycles. The molecule has 66 heavy (non-hydrogen) atoms. The van der Waals surface area contributed by atoms with Crippen molar-refractivity contribution >= 4 is 44.2 Å². The van der Waals surface area contributed by atoms with Crippen LogP contribution < -0.4 is 0 Å². The predicted octanol–water partition coefficient (Wildman–Crippen LogP) is 17.5. The Bertz CT molecular complexity index is 3580. The lowest BCUT2D eigenvalue weighted by molar-refractivity contribution is 0.785. The maximum Gasteiger partial charge on any atom is 0.0726 e. The first kappa shape index (κ1) is 40.8. The van der Waals surface area contributed by atoms with Gasteiger partial charge >= 0.3 is 0 Å². The molecule has 1 aromatic heterocycles. The third-order valence-corrected chi connectivity index (χ3v) is 13.9. The fourth-order valence-electron chi connectivity index (χ4n) is 10.9. The van der Waals surface area contributed by atoms with Gasteiger partial charge in [-0.3, -0.25) is 0 Å². The van der Waals surface area contributed by atoms with Crippen molar-refractivity contribution < 1.29 is 0 Å². The zero-order valence-electron chi connectivity index (χ0n) is 38.0. The molecule has 0 bridgehead atoms. The molecule has 0 atom stereocenters. The van der Waals surface area contributed by atoms with Crippen LogP contribution in [0.1, 0.15) is 52.8 Å². The number of hydrogen-bond donors (Lipinski definition) is 0. The zero-order chi connectivity index (χ0) is 44.9. The highest BCUT2D eigenvalue weighted by Gasteiger charge is 2.51. The highest BCUT2D eigenvalue weighted by atomic mass is 15.0. The monoisotopic (exact) mass is 845 g/mol. The summed E-state index contributed by atoms with van der Waals surface area (Å²) in [6.45, 7) is 12.9. The number of benzene rings is 9. The minimum absolute atomic E-state index is 0.468. The number of nitrogens with zero attached hydrogens (tertiary/aromatic N) is 1. The second-order valence-electron chi connectivity index (χ2n) is 17.7. The quantitative estimate of drug-likeness (QED) is 0.157. The Morgan fingerprint density at radius 3 is 1.82 bits per heavy atom. The van der Waals surface area contributed by atoms with E-state index in [4.69, 9.17) is 0 Å². The van der Waals surface area contributed by atoms with Crippen molar-refractivity contribution in [2.45, 2.75) is 33.1 Å². The molecular weight excluding hydrogens is 795 g/mol. The van der Waals surface area contributed by atoms with Crippen molar-refractivity contribution in [1.82, 2.24) is 4.57 Å². The zero-order valence-corrected chi connectivity index (χ0v) is 38.0. The average molecular weight is 846 g/mol. The van der Waals surface area contributed by atoms with E-state index < -0.39 is 5.41 Å². The molecule has 12 rings (SSSR count). The van der Waals surface area contributed by atoms with Crippen LogP contribution in [0.25, 0.3) is 83.3 Å². The number of hydrogen-bond acceptors (Lipinski definition) is 0. The highest BCUT2D eigenvalue weighted by Crippen LogP contribution is 2.62. The first-order valence-corrected chi connectivity index (χ1v) is 23.1. The van der Waals surface area contributed by atoms with Gasteiger partial charge in [-0.2, -0.15) is 0 Å². The van der Waals surface area contributed by atoms with E-state index in [9.17, 15) is 0 Å². The number of rotatable bonds is 6. The first-order valence-electron chi connectivity index (χ1n) is 23.1. The van der Waals surface area contributed by atoms with Gasteiger partial charge in [0, 0.05) is 16.5 Å². The van der Waals surface area contributed by atoms with Crippen LogP contribution in [0, 0.1) is 13.8 Å². The number of fused-ring (bicyclic) bond motifs is 12. The SMILES string of the molecule is C=CC1=C(/C=C\C)c2ccc(-n3c4ccc(-c5ccc(C)c(/C=C\C)c5)cc4c4c5ccccc5ccc43)cc2C12c1ccccc1-c1ccccc12.Cc1ccc(-c2ccccc2)cc1. The highest BCUT2D eigenvalue weighted by molar-refractivity contribution is 6.22. The lowest BCUT2D eigenvalue weighted by Gasteiger charge is -2.31. The van der Waals surface area contributed by atoms with Crippen molar-refractivity contribution in [3.63, 3.8) is 0 Å². The van der Waals surface area contributed by atoms with Gasteiger partial charge in [-0.15, -0.1) is 0 Å². The molecule has 0 N–H and O–H groups in total. The van der Waals surface area contributed by atoms with Crippen LogP contribution >= 0.6 is 0 Å². The van der Waals surface area contributed by atoms with E-state index in [2.05, 4.69) is 257 Å². The number of aromatic nitrogens is 1. The van der Waals surface area contributed by atoms with Crippen LogP contribution in [0.3, 0.4) is 0 Å². The molecule has 0 unspecified atom stereocenters. The van der Waals surface area contributed by atoms with Crippen LogP contribution in [0.2, 0.25) is 0 Å². The smallest absolute Gasteiger partial charge is 0.0726 e. The normalized spacial score (nSPS) is 13.5. The minimum atomic E-state index is -0.468. The summed E-state index contributed by atoms with van der Waals surface area (Å²) < 4.78 is 2.49. The van der Waals surface area contributed by atoms with Crippen molar-refractivity contribution in [3.05, 3.63) is 270 Å². The molecule has 0 radical (unpaired) electrons. The van der Waals surface area contributed by atoms with E-state index in [-0.39, 0.29) is 0 Å². The third-order valence-electron chi connectivity index (χ3n) is 13.9. The summed E-state index contributed by atoms with van der Waals surface area (Å²) in [4.78, 5) is 0. The molecular formula is C65H51N. The standard InChI is InChI=1S/C52H39N.C13H12/c1-5-14-35-30-36(23-22-33(35)4)37-25-28-49-44(31-37)51-39-17-9-8-16-34(39)24-29-50(51)53(49)38-26-27-43-40(15-6-2)45(7-3)52(48(43)32-38)46-20-12-10-18-41(46)42-19-11-13-21-47(42)52;1-11-7-9-13(10-8-11)12-5-3-2-4-6-12/h5-32H,3H2,1-2,4H3;2-10H,1H3/b14-5-,15-6-;. The fraction of sp³-hybridized carbons (Fsp3) is 0.0769. The summed E-state index contributed by atoms with van der Waals surface area (Å²) in [5.74, 6) is 0. The van der Waals surface area contributed by atoms with E-state index in [1.807, 2.05) is 6.07 Å². The van der Waals surface area contributed by atoms with E-state index in [0.717, 1.165) is 5.69 Å². The van der Waals surface area contributed by atoms with E-state index in [0.29, 0.717) is 0 Å². The Morgan fingerprint density at radius 2 is 1.09 bits per heavy atom. The second kappa shape index (κ2) is 16.5. The molecule has 10 aromatic rings. The van der Waals surface area contributed by atoms with Crippen LogP contribution in [-0.4, -0.2) is 4.57 Å².